The lowest BCUT2D eigenvalue weighted by Crippen LogP contribution is -2.76. The molecule has 0 heterocycles. The van der Waals surface area contributed by atoms with Gasteiger partial charge in [-0.1, -0.05) is 52.9 Å². The van der Waals surface area contributed by atoms with Gasteiger partial charge in [0.05, 0.1) is 6.10 Å². The van der Waals surface area contributed by atoms with E-state index < -0.39 is 16.9 Å². The van der Waals surface area contributed by atoms with Crippen LogP contribution in [0.4, 0.5) is 0 Å². The third-order valence-corrected chi connectivity index (χ3v) is 6.33. The number of ether oxygens (including phenoxy) is 1. The van der Waals surface area contributed by atoms with Gasteiger partial charge in [0, 0.05) is 24.4 Å². The van der Waals surface area contributed by atoms with E-state index in [1.54, 1.807) is 0 Å². The average Bonchev–Trinajstić information content (AvgIpc) is 2.54. The molecule has 0 bridgehead atoms. The molecule has 2 N–H and O–H groups in total. The van der Waals surface area contributed by atoms with Crippen LogP contribution in [0.3, 0.4) is 0 Å². The second kappa shape index (κ2) is 7.42. The summed E-state index contributed by atoms with van der Waals surface area (Å²) < 4.78 is 5.65. The summed E-state index contributed by atoms with van der Waals surface area (Å²) in [7, 11) is 0. The summed E-state index contributed by atoms with van der Waals surface area (Å²) in [5.74, 6) is -0.634. The van der Waals surface area contributed by atoms with Crippen LogP contribution in [0.2, 0.25) is 0 Å². The molecular formula is C19H33NO4. The van der Waals surface area contributed by atoms with E-state index in [-0.39, 0.29) is 17.9 Å². The highest BCUT2D eigenvalue weighted by atomic mass is 16.5. The van der Waals surface area contributed by atoms with Gasteiger partial charge < -0.3 is 15.2 Å². The monoisotopic (exact) mass is 339 g/mol. The lowest BCUT2D eigenvalue weighted by Gasteiger charge is -2.58. The van der Waals surface area contributed by atoms with Gasteiger partial charge in [0.25, 0.3) is 0 Å². The van der Waals surface area contributed by atoms with Crippen molar-refractivity contribution in [1.29, 1.82) is 0 Å². The molecule has 24 heavy (non-hydrogen) atoms. The van der Waals surface area contributed by atoms with Crippen molar-refractivity contribution in [3.63, 3.8) is 0 Å². The van der Waals surface area contributed by atoms with Crippen molar-refractivity contribution in [3.05, 3.63) is 0 Å². The first kappa shape index (κ1) is 19.2. The molecule has 5 nitrogen and oxygen atoms in total. The Morgan fingerprint density at radius 1 is 1.25 bits per heavy atom. The Kier molecular flexibility index (Phi) is 5.95. The lowest BCUT2D eigenvalue weighted by atomic mass is 9.54. The molecule has 2 aliphatic carbocycles. The average molecular weight is 339 g/mol. The van der Waals surface area contributed by atoms with E-state index in [0.29, 0.717) is 18.9 Å². The number of carboxylic acids is 1. The Bertz CT molecular complexity index is 470. The Morgan fingerprint density at radius 2 is 1.88 bits per heavy atom. The predicted octanol–water partition coefficient (Wildman–Crippen LogP) is 3.37. The van der Waals surface area contributed by atoms with Crippen molar-refractivity contribution in [2.45, 2.75) is 84.3 Å². The number of hydrogen-bond donors (Lipinski definition) is 2. The van der Waals surface area contributed by atoms with Crippen molar-refractivity contribution in [2.75, 3.05) is 6.61 Å². The van der Waals surface area contributed by atoms with E-state index in [4.69, 9.17) is 4.74 Å². The molecule has 0 saturated heterocycles. The first-order valence-corrected chi connectivity index (χ1v) is 9.41. The highest BCUT2D eigenvalue weighted by Crippen LogP contribution is 2.51. The van der Waals surface area contributed by atoms with Crippen LogP contribution in [-0.2, 0) is 14.3 Å². The Morgan fingerprint density at radius 3 is 2.38 bits per heavy atom. The van der Waals surface area contributed by atoms with Gasteiger partial charge in [0.15, 0.2) is 0 Å². The van der Waals surface area contributed by atoms with E-state index in [1.165, 1.54) is 32.1 Å². The number of amides is 1. The number of aliphatic carboxylic acids is 1. The topological polar surface area (TPSA) is 75.6 Å². The molecular weight excluding hydrogens is 306 g/mol. The molecule has 5 heteroatoms. The lowest BCUT2D eigenvalue weighted by molar-refractivity contribution is -0.195. The smallest absolute Gasteiger partial charge is 0.330 e. The van der Waals surface area contributed by atoms with Gasteiger partial charge in [0.2, 0.25) is 5.91 Å². The highest BCUT2D eigenvalue weighted by molar-refractivity contribution is 5.90. The molecule has 0 aromatic heterocycles. The van der Waals surface area contributed by atoms with Crippen LogP contribution in [0.5, 0.6) is 0 Å². The van der Waals surface area contributed by atoms with E-state index in [0.717, 1.165) is 6.42 Å². The van der Waals surface area contributed by atoms with Gasteiger partial charge in [-0.2, -0.15) is 0 Å². The summed E-state index contributed by atoms with van der Waals surface area (Å²) in [6, 6.07) is 0. The van der Waals surface area contributed by atoms with Gasteiger partial charge in [-0.05, 0) is 19.3 Å². The van der Waals surface area contributed by atoms with E-state index in [1.807, 2.05) is 27.7 Å². The Balaban J connectivity index is 2.00. The Hall–Kier alpha value is -1.10. The van der Waals surface area contributed by atoms with Gasteiger partial charge in [-0.15, -0.1) is 0 Å². The van der Waals surface area contributed by atoms with Crippen molar-refractivity contribution in [2.24, 2.45) is 17.3 Å². The minimum atomic E-state index is -1.22. The van der Waals surface area contributed by atoms with E-state index in [9.17, 15) is 14.7 Å². The second-order valence-electron chi connectivity index (χ2n) is 8.21. The minimum absolute atomic E-state index is 0.132. The quantitative estimate of drug-likeness (QED) is 0.746. The van der Waals surface area contributed by atoms with Crippen LogP contribution in [0, 0.1) is 17.3 Å². The second-order valence-corrected chi connectivity index (χ2v) is 8.21. The molecule has 2 rings (SSSR count). The third kappa shape index (κ3) is 3.46. The summed E-state index contributed by atoms with van der Waals surface area (Å²) in [5.41, 5.74) is -1.83. The number of carbonyl (C=O) groups excluding carboxylic acids is 1. The molecule has 2 fully saturated rings. The maximum absolute atomic E-state index is 12.7. The fourth-order valence-corrected chi connectivity index (χ4v) is 4.40. The molecule has 0 aromatic rings. The molecule has 3 atom stereocenters. The zero-order valence-electron chi connectivity index (χ0n) is 15.6. The molecule has 1 amide bonds. The summed E-state index contributed by atoms with van der Waals surface area (Å²) in [6.45, 7) is 8.12. The van der Waals surface area contributed by atoms with Crippen LogP contribution >= 0.6 is 0 Å². The van der Waals surface area contributed by atoms with Gasteiger partial charge in [-0.25, -0.2) is 4.79 Å². The van der Waals surface area contributed by atoms with Crippen LogP contribution in [0.15, 0.2) is 0 Å². The van der Waals surface area contributed by atoms with E-state index in [2.05, 4.69) is 5.32 Å². The van der Waals surface area contributed by atoms with Crippen molar-refractivity contribution >= 4 is 11.9 Å². The first-order chi connectivity index (χ1) is 11.2. The molecule has 138 valence electrons. The maximum atomic E-state index is 12.7. The summed E-state index contributed by atoms with van der Waals surface area (Å²) in [5, 5.41) is 12.7. The molecule has 0 aromatic carbocycles. The SMILES string of the molecule is CCOC1CC(NC(=O)C(C)CC2CCCCC2)(C(=O)O)C1(C)C. The maximum Gasteiger partial charge on any atom is 0.330 e. The van der Waals surface area contributed by atoms with Crippen LogP contribution in [-0.4, -0.2) is 35.2 Å². The normalized spacial score (nSPS) is 31.1. The van der Waals surface area contributed by atoms with Gasteiger partial charge >= 0.3 is 5.97 Å². The molecule has 2 aliphatic rings. The summed E-state index contributed by atoms with van der Waals surface area (Å²) >= 11 is 0. The molecule has 3 unspecified atom stereocenters. The zero-order chi connectivity index (χ0) is 18.0. The van der Waals surface area contributed by atoms with Crippen LogP contribution < -0.4 is 5.32 Å². The summed E-state index contributed by atoms with van der Waals surface area (Å²) in [4.78, 5) is 24.6. The zero-order valence-corrected chi connectivity index (χ0v) is 15.6. The predicted molar refractivity (Wildman–Crippen MR) is 92.7 cm³/mol. The van der Waals surface area contributed by atoms with Crippen LogP contribution in [0.1, 0.15) is 72.6 Å². The first-order valence-electron chi connectivity index (χ1n) is 9.41. The molecule has 0 radical (unpaired) electrons. The van der Waals surface area contributed by atoms with Gasteiger partial charge in [0.1, 0.15) is 5.54 Å². The van der Waals surface area contributed by atoms with Crippen LogP contribution in [0.25, 0.3) is 0 Å². The third-order valence-electron chi connectivity index (χ3n) is 6.33. The number of carboxylic acid groups (broad SMARTS) is 1. The fraction of sp³-hybridized carbons (Fsp3) is 0.895. The number of nitrogens with one attached hydrogen (secondary N) is 1. The Labute approximate surface area is 145 Å². The van der Waals surface area contributed by atoms with Gasteiger partial charge in [-0.3, -0.25) is 4.79 Å². The number of carbonyl (C=O) groups is 2. The van der Waals surface area contributed by atoms with Crippen molar-refractivity contribution in [1.82, 2.24) is 5.32 Å². The largest absolute Gasteiger partial charge is 0.479 e. The fourth-order valence-electron chi connectivity index (χ4n) is 4.40. The number of rotatable bonds is 7. The summed E-state index contributed by atoms with van der Waals surface area (Å²) in [6.07, 6.45) is 7.25. The van der Waals surface area contributed by atoms with E-state index >= 15 is 0 Å². The molecule has 0 aliphatic heterocycles. The van der Waals surface area contributed by atoms with Crippen molar-refractivity contribution in [3.8, 4) is 0 Å². The molecule has 2 saturated carbocycles. The highest BCUT2D eigenvalue weighted by Gasteiger charge is 2.66. The van der Waals surface area contributed by atoms with Crippen molar-refractivity contribution < 1.29 is 19.4 Å². The number of hydrogen-bond acceptors (Lipinski definition) is 3. The molecule has 0 spiro atoms. The standard InChI is InChI=1S/C19H33NO4/c1-5-24-15-12-19(17(22)23,18(15,3)4)20-16(21)13(2)11-14-9-7-6-8-10-14/h13-15H,5-12H2,1-4H3,(H,20,21)(H,22,23). The minimum Gasteiger partial charge on any atom is -0.479 e.